The zero-order valence-electron chi connectivity index (χ0n) is 52.5. The van der Waals surface area contributed by atoms with Gasteiger partial charge in [-0.3, -0.25) is 9.59 Å². The molecule has 0 aromatic carbocycles. The maximum absolute atomic E-state index is 12.9. The monoisotopic (exact) mass is 1110 g/mol. The summed E-state index contributed by atoms with van der Waals surface area (Å²) in [6, 6.07) is 0. The van der Waals surface area contributed by atoms with Crippen LogP contribution < -0.4 is 0 Å². The Morgan fingerprint density at radius 3 is 1.09 bits per heavy atom. The van der Waals surface area contributed by atoms with Crippen molar-refractivity contribution in [1.82, 2.24) is 0 Å². The van der Waals surface area contributed by atoms with Crippen LogP contribution in [0.25, 0.3) is 0 Å². The number of carboxylic acid groups (broad SMARTS) is 1. The summed E-state index contributed by atoms with van der Waals surface area (Å²) in [5.74, 6) is -1.99. The molecule has 9 heteroatoms. The molecule has 0 fully saturated rings. The highest BCUT2D eigenvalue weighted by Crippen LogP contribution is 2.18. The van der Waals surface area contributed by atoms with Crippen LogP contribution in [0.1, 0.15) is 309 Å². The van der Waals surface area contributed by atoms with E-state index in [2.05, 4.69) is 74.6 Å². The SMILES string of the molecule is CC/C=C\C/C=C\C/C=C\C/C=C\CCCCCCCCCCCCCCC(=O)OC(COC(=O)CCCCCCCCCCCCCCCCCCC/C=C\CCCCCCCCCC)COC(OCC[N+](C)(C)C)C(=O)O. The molecule has 0 aliphatic carbocycles. The third-order valence-corrected chi connectivity index (χ3v) is 14.8. The Balaban J connectivity index is 4.12. The minimum atomic E-state index is -1.51. The zero-order chi connectivity index (χ0) is 57.6. The number of ether oxygens (including phenoxy) is 4. The van der Waals surface area contributed by atoms with Gasteiger partial charge < -0.3 is 28.5 Å². The summed E-state index contributed by atoms with van der Waals surface area (Å²) in [4.78, 5) is 37.6. The Morgan fingerprint density at radius 1 is 0.392 bits per heavy atom. The van der Waals surface area contributed by atoms with E-state index in [1.54, 1.807) is 0 Å². The van der Waals surface area contributed by atoms with Crippen molar-refractivity contribution in [2.45, 2.75) is 322 Å². The molecule has 9 nitrogen and oxygen atoms in total. The lowest BCUT2D eigenvalue weighted by atomic mass is 10.0. The van der Waals surface area contributed by atoms with E-state index in [0.29, 0.717) is 17.4 Å². The number of unbranched alkanes of at least 4 members (excludes halogenated alkanes) is 37. The van der Waals surface area contributed by atoms with Crippen LogP contribution in [0, 0.1) is 0 Å². The van der Waals surface area contributed by atoms with Gasteiger partial charge in [0.2, 0.25) is 0 Å². The Labute approximate surface area is 488 Å². The fourth-order valence-corrected chi connectivity index (χ4v) is 9.65. The molecule has 0 spiro atoms. The second-order valence-corrected chi connectivity index (χ2v) is 23.7. The summed E-state index contributed by atoms with van der Waals surface area (Å²) >= 11 is 0. The molecule has 0 saturated carbocycles. The Bertz CT molecular complexity index is 1480. The molecule has 460 valence electrons. The van der Waals surface area contributed by atoms with Gasteiger partial charge in [0, 0.05) is 12.8 Å². The van der Waals surface area contributed by atoms with Gasteiger partial charge in [-0.25, -0.2) is 4.79 Å². The minimum Gasteiger partial charge on any atom is -0.477 e. The minimum absolute atomic E-state index is 0.181. The third-order valence-electron chi connectivity index (χ3n) is 14.8. The normalized spacial score (nSPS) is 13.1. The molecule has 1 N–H and O–H groups in total. The van der Waals surface area contributed by atoms with E-state index >= 15 is 0 Å². The predicted molar refractivity (Wildman–Crippen MR) is 336 cm³/mol. The number of hydrogen-bond acceptors (Lipinski definition) is 7. The summed E-state index contributed by atoms with van der Waals surface area (Å²) < 4.78 is 23.0. The lowest BCUT2D eigenvalue weighted by molar-refractivity contribution is -0.870. The highest BCUT2D eigenvalue weighted by atomic mass is 16.7. The summed E-state index contributed by atoms with van der Waals surface area (Å²) in [5.41, 5.74) is 0. The van der Waals surface area contributed by atoms with Gasteiger partial charge in [-0.2, -0.15) is 0 Å². The van der Waals surface area contributed by atoms with Crippen LogP contribution >= 0.6 is 0 Å². The molecule has 0 rings (SSSR count). The summed E-state index contributed by atoms with van der Waals surface area (Å²) in [6.45, 7) is 4.81. The molecule has 0 amide bonds. The van der Waals surface area contributed by atoms with E-state index in [4.69, 9.17) is 18.9 Å². The number of likely N-dealkylation sites (N-methyl/N-ethyl adjacent to an activating group) is 1. The topological polar surface area (TPSA) is 108 Å². The number of aliphatic carboxylic acids is 1. The molecule has 0 radical (unpaired) electrons. The predicted octanol–water partition coefficient (Wildman–Crippen LogP) is 20.4. The average molecular weight is 1110 g/mol. The first-order valence-corrected chi connectivity index (χ1v) is 33.5. The first kappa shape index (κ1) is 76.0. The van der Waals surface area contributed by atoms with Gasteiger partial charge >= 0.3 is 17.9 Å². The van der Waals surface area contributed by atoms with E-state index in [1.165, 1.54) is 218 Å². The number of hydrogen-bond donors (Lipinski definition) is 1. The van der Waals surface area contributed by atoms with Gasteiger partial charge in [0.15, 0.2) is 6.10 Å². The fraction of sp³-hybridized carbons (Fsp3) is 0.814. The number of carbonyl (C=O) groups excluding carboxylic acids is 2. The van der Waals surface area contributed by atoms with Crippen molar-refractivity contribution in [3.63, 3.8) is 0 Å². The van der Waals surface area contributed by atoms with Gasteiger partial charge in [0.1, 0.15) is 13.2 Å². The summed E-state index contributed by atoms with van der Waals surface area (Å²) in [5, 5.41) is 9.73. The van der Waals surface area contributed by atoms with Gasteiger partial charge in [-0.1, -0.05) is 280 Å². The lowest BCUT2D eigenvalue weighted by Gasteiger charge is -2.25. The molecule has 0 bridgehead atoms. The van der Waals surface area contributed by atoms with Gasteiger partial charge in [-0.05, 0) is 77.0 Å². The second kappa shape index (κ2) is 61.1. The maximum atomic E-state index is 12.9. The number of quaternary nitrogens is 1. The molecule has 0 heterocycles. The van der Waals surface area contributed by atoms with Crippen LogP contribution in [0.3, 0.4) is 0 Å². The summed E-state index contributed by atoms with van der Waals surface area (Å²) in [7, 11) is 5.98. The molecule has 2 atom stereocenters. The smallest absolute Gasteiger partial charge is 0.361 e. The Morgan fingerprint density at radius 2 is 0.722 bits per heavy atom. The Kier molecular flexibility index (Phi) is 58.7. The van der Waals surface area contributed by atoms with Crippen molar-refractivity contribution >= 4 is 17.9 Å². The molecular weight excluding hydrogens is 983 g/mol. The quantitative estimate of drug-likeness (QED) is 0.0211. The van der Waals surface area contributed by atoms with Crippen LogP contribution in [-0.2, 0) is 33.3 Å². The van der Waals surface area contributed by atoms with E-state index < -0.39 is 24.3 Å². The fourth-order valence-electron chi connectivity index (χ4n) is 9.65. The number of esters is 2. The van der Waals surface area contributed by atoms with E-state index in [0.717, 1.165) is 64.2 Å². The van der Waals surface area contributed by atoms with E-state index in [1.807, 2.05) is 21.1 Å². The van der Waals surface area contributed by atoms with Gasteiger partial charge in [0.05, 0.1) is 34.4 Å². The third kappa shape index (κ3) is 62.4. The van der Waals surface area contributed by atoms with Crippen LogP contribution in [0.4, 0.5) is 0 Å². The van der Waals surface area contributed by atoms with E-state index in [-0.39, 0.29) is 32.2 Å². The average Bonchev–Trinajstić information content (AvgIpc) is 3.42. The standard InChI is InChI=1S/C70H127NO8/c1-6-8-10-12-14-16-18-20-22-24-26-28-30-32-33-34-35-37-38-40-42-44-46-48-50-52-54-56-58-60-67(72)77-64-66(65-78-70(69(74)75)76-63-62-71(3,4)5)79-68(73)61-59-57-55-53-51-49-47-45-43-41-39-36-31-29-27-25-23-21-19-17-15-13-11-9-7-2/h9,11,15,17,21,23-24,26-27,29,66,70H,6-8,10,12-14,16,18-20,22,25,28,30-65H2,1-5H3/p+1/b11-9-,17-15-,23-21-,26-24-,29-27-. The number of allylic oxidation sites excluding steroid dienone is 10. The van der Waals surface area contributed by atoms with Crippen LogP contribution in [0.2, 0.25) is 0 Å². The molecule has 2 unspecified atom stereocenters. The van der Waals surface area contributed by atoms with Gasteiger partial charge in [-0.15, -0.1) is 0 Å². The highest BCUT2D eigenvalue weighted by Gasteiger charge is 2.25. The molecule has 79 heavy (non-hydrogen) atoms. The molecule has 0 aliphatic rings. The van der Waals surface area contributed by atoms with Crippen molar-refractivity contribution in [3.8, 4) is 0 Å². The molecule has 0 aromatic rings. The van der Waals surface area contributed by atoms with Crippen molar-refractivity contribution in [2.24, 2.45) is 0 Å². The maximum Gasteiger partial charge on any atom is 0.361 e. The largest absolute Gasteiger partial charge is 0.477 e. The second-order valence-electron chi connectivity index (χ2n) is 23.7. The van der Waals surface area contributed by atoms with Crippen molar-refractivity contribution in [2.75, 3.05) is 47.5 Å². The molecular formula is C70H128NO8+. The first-order valence-electron chi connectivity index (χ1n) is 33.5. The molecule has 0 saturated heterocycles. The molecule has 0 aliphatic heterocycles. The number of carboxylic acids is 1. The van der Waals surface area contributed by atoms with Crippen molar-refractivity contribution in [1.29, 1.82) is 0 Å². The zero-order valence-corrected chi connectivity index (χ0v) is 52.5. The van der Waals surface area contributed by atoms with Crippen LogP contribution in [-0.4, -0.2) is 87.4 Å². The summed E-state index contributed by atoms with van der Waals surface area (Å²) in [6.07, 6.45) is 76.1. The van der Waals surface area contributed by atoms with Crippen LogP contribution in [0.5, 0.6) is 0 Å². The highest BCUT2D eigenvalue weighted by molar-refractivity contribution is 5.71. The lowest BCUT2D eigenvalue weighted by Crippen LogP contribution is -2.40. The number of rotatable bonds is 62. The van der Waals surface area contributed by atoms with Crippen molar-refractivity contribution in [3.05, 3.63) is 60.8 Å². The van der Waals surface area contributed by atoms with Crippen LogP contribution in [0.15, 0.2) is 60.8 Å². The number of nitrogens with zero attached hydrogens (tertiary/aromatic N) is 1. The first-order chi connectivity index (χ1) is 38.6. The number of carbonyl (C=O) groups is 3. The van der Waals surface area contributed by atoms with Crippen molar-refractivity contribution < 1.29 is 42.9 Å². The van der Waals surface area contributed by atoms with E-state index in [9.17, 15) is 19.5 Å². The Hall–Kier alpha value is -3.01. The van der Waals surface area contributed by atoms with Gasteiger partial charge in [0.25, 0.3) is 6.29 Å². The molecule has 0 aromatic heterocycles.